The molecule has 16 aromatic carbocycles. The van der Waals surface area contributed by atoms with Gasteiger partial charge in [-0.2, -0.15) is 0 Å². The normalized spacial score (nSPS) is 11.0. The van der Waals surface area contributed by atoms with Crippen molar-refractivity contribution in [2.75, 3.05) is 0 Å². The first-order chi connectivity index (χ1) is 53.5. The molecule has 0 atom stereocenters. The Kier molecular flexibility index (Phi) is 19.5. The first-order valence-electron chi connectivity index (χ1n) is 36.8. The summed E-state index contributed by atoms with van der Waals surface area (Å²) in [6, 6.07) is 157. The van der Waals surface area contributed by atoms with Crippen LogP contribution in [0.4, 0.5) is 0 Å². The molecule has 0 aliphatic carbocycles. The van der Waals surface area contributed by atoms with Gasteiger partial charge in [-0.05, 0) is 207 Å². The standard InChI is InChI=1S/C59H41N.C46H32N2/c1-6-18-42(19-7-1)51-34-52(43-20-8-2-9-21-43)37-55(36-51)47-28-16-30-49(32-47)58-40-57(46-26-14-5-15-27-46)41-59(60-58)50-31-17-29-48(33-50)56-38-53(44-22-10-3-11-23-44)35-54(39-56)45-24-12-4-13-25-45;1-4-13-33(14-5-1)34-25-27-35(28-26-34)38-19-10-20-39(29-38)40-21-11-22-41(30-40)42-23-12-24-43(31-42)46-47-44(36-15-6-2-7-16-36)32-45(48-46)37-17-8-3-9-18-37/h1-41H;1-32H. The molecule has 0 amide bonds. The molecule has 18 rings (SSSR count). The van der Waals surface area contributed by atoms with E-state index in [0.717, 1.165) is 95.1 Å². The van der Waals surface area contributed by atoms with Gasteiger partial charge in [0.1, 0.15) is 0 Å². The van der Waals surface area contributed by atoms with Crippen molar-refractivity contribution in [3.63, 3.8) is 0 Å². The Morgan fingerprint density at radius 3 is 0.565 bits per heavy atom. The number of pyridine rings is 1. The lowest BCUT2D eigenvalue weighted by Crippen LogP contribution is -1.96. The summed E-state index contributed by atoms with van der Waals surface area (Å²) in [5.74, 6) is 0.708. The first kappa shape index (κ1) is 67.0. The van der Waals surface area contributed by atoms with E-state index in [9.17, 15) is 0 Å². The maximum absolute atomic E-state index is 5.43. The van der Waals surface area contributed by atoms with Crippen molar-refractivity contribution in [1.29, 1.82) is 0 Å². The Hall–Kier alpha value is -14.3. The fraction of sp³-hybridized carbons (Fsp3) is 0. The molecule has 0 bridgehead atoms. The van der Waals surface area contributed by atoms with Crippen LogP contribution in [0, 0.1) is 0 Å². The van der Waals surface area contributed by atoms with Crippen LogP contribution in [0.5, 0.6) is 0 Å². The number of hydrogen-bond donors (Lipinski definition) is 0. The summed E-state index contributed by atoms with van der Waals surface area (Å²) in [5.41, 5.74) is 34.8. The number of rotatable bonds is 16. The molecule has 0 N–H and O–H groups in total. The second kappa shape index (κ2) is 31.4. The SMILES string of the molecule is c1ccc(-c2cc(-c3ccccc3)cc(-c3cccc(-c4cc(-c5ccccc5)cc(-c5cccc(-c6cc(-c7ccccc7)cc(-c7ccccc7)c6)c5)n4)c3)c2)cc1.c1ccc(-c2ccc(-c3cccc(-c4cccc(-c5cccc(-c6nc(-c7ccccc7)cc(-c7ccccc7)n6)c5)c4)c3)cc2)cc1. The van der Waals surface area contributed by atoms with Crippen LogP contribution in [0.25, 0.3) is 179 Å². The Morgan fingerprint density at radius 1 is 0.0926 bits per heavy atom. The average molecular weight is 1380 g/mol. The minimum atomic E-state index is 0.708. The predicted molar refractivity (Wildman–Crippen MR) is 453 cm³/mol. The van der Waals surface area contributed by atoms with Crippen molar-refractivity contribution >= 4 is 0 Å². The van der Waals surface area contributed by atoms with Gasteiger partial charge in [0.25, 0.3) is 0 Å². The quantitative estimate of drug-likeness (QED) is 0.0968. The van der Waals surface area contributed by atoms with E-state index in [2.05, 4.69) is 406 Å². The Bertz CT molecular complexity index is 5750. The van der Waals surface area contributed by atoms with Crippen molar-refractivity contribution in [3.8, 4) is 179 Å². The van der Waals surface area contributed by atoms with Gasteiger partial charge in [0.05, 0.1) is 22.8 Å². The molecule has 0 aliphatic rings. The zero-order valence-corrected chi connectivity index (χ0v) is 59.5. The van der Waals surface area contributed by atoms with Crippen molar-refractivity contribution < 1.29 is 0 Å². The molecule has 18 aromatic rings. The summed E-state index contributed by atoms with van der Waals surface area (Å²) in [4.78, 5) is 15.5. The van der Waals surface area contributed by atoms with E-state index in [1.807, 2.05) is 36.4 Å². The van der Waals surface area contributed by atoms with Gasteiger partial charge in [0.15, 0.2) is 5.82 Å². The molecule has 3 heteroatoms. The van der Waals surface area contributed by atoms with Crippen molar-refractivity contribution in [1.82, 2.24) is 15.0 Å². The van der Waals surface area contributed by atoms with Gasteiger partial charge in [0.2, 0.25) is 0 Å². The molecule has 0 fully saturated rings. The van der Waals surface area contributed by atoms with Gasteiger partial charge in [0, 0.05) is 27.8 Å². The zero-order valence-electron chi connectivity index (χ0n) is 59.5. The smallest absolute Gasteiger partial charge is 0.160 e. The Morgan fingerprint density at radius 2 is 0.259 bits per heavy atom. The number of benzene rings is 16. The highest BCUT2D eigenvalue weighted by atomic mass is 14.9. The summed E-state index contributed by atoms with van der Waals surface area (Å²) in [5, 5.41) is 0. The van der Waals surface area contributed by atoms with E-state index < -0.39 is 0 Å². The molecule has 108 heavy (non-hydrogen) atoms. The molecule has 2 aromatic heterocycles. The maximum atomic E-state index is 5.43. The van der Waals surface area contributed by atoms with Crippen LogP contribution >= 0.6 is 0 Å². The number of aromatic nitrogens is 3. The Labute approximate surface area is 632 Å². The summed E-state index contributed by atoms with van der Waals surface area (Å²) < 4.78 is 0. The fourth-order valence-corrected chi connectivity index (χ4v) is 14.3. The summed E-state index contributed by atoms with van der Waals surface area (Å²) >= 11 is 0. The molecule has 3 nitrogen and oxygen atoms in total. The van der Waals surface area contributed by atoms with Gasteiger partial charge >= 0.3 is 0 Å². The van der Waals surface area contributed by atoms with E-state index in [-0.39, 0.29) is 0 Å². The second-order valence-corrected chi connectivity index (χ2v) is 27.1. The lowest BCUT2D eigenvalue weighted by Gasteiger charge is -2.14. The predicted octanol–water partition coefficient (Wildman–Crippen LogP) is 28.2. The monoisotopic (exact) mass is 1380 g/mol. The fourth-order valence-electron chi connectivity index (χ4n) is 14.3. The largest absolute Gasteiger partial charge is 0.248 e. The van der Waals surface area contributed by atoms with Crippen LogP contribution in [0.1, 0.15) is 0 Å². The topological polar surface area (TPSA) is 38.7 Å². The van der Waals surface area contributed by atoms with Gasteiger partial charge in [-0.3, -0.25) is 0 Å². The number of hydrogen-bond acceptors (Lipinski definition) is 3. The van der Waals surface area contributed by atoms with Crippen LogP contribution in [-0.2, 0) is 0 Å². The minimum Gasteiger partial charge on any atom is -0.248 e. The van der Waals surface area contributed by atoms with E-state index in [1.54, 1.807) is 0 Å². The third kappa shape index (κ3) is 15.4. The molecular weight excluding hydrogens is 1300 g/mol. The molecule has 0 spiro atoms. The van der Waals surface area contributed by atoms with Crippen LogP contribution in [0.3, 0.4) is 0 Å². The van der Waals surface area contributed by atoms with Crippen LogP contribution in [0.15, 0.2) is 443 Å². The second-order valence-electron chi connectivity index (χ2n) is 27.1. The average Bonchev–Trinajstić information content (AvgIpc) is 0.785. The van der Waals surface area contributed by atoms with E-state index in [1.165, 1.54) is 77.9 Å². The third-order valence-electron chi connectivity index (χ3n) is 19.9. The molecule has 0 saturated heterocycles. The number of nitrogens with zero attached hydrogens (tertiary/aromatic N) is 3. The lowest BCUT2D eigenvalue weighted by molar-refractivity contribution is 1.18. The van der Waals surface area contributed by atoms with Gasteiger partial charge in [-0.1, -0.05) is 358 Å². The van der Waals surface area contributed by atoms with E-state index in [0.29, 0.717) is 5.82 Å². The summed E-state index contributed by atoms with van der Waals surface area (Å²) in [6.07, 6.45) is 0. The summed E-state index contributed by atoms with van der Waals surface area (Å²) in [6.45, 7) is 0. The van der Waals surface area contributed by atoms with Crippen LogP contribution in [-0.4, -0.2) is 15.0 Å². The highest BCUT2D eigenvalue weighted by molar-refractivity contribution is 5.88. The van der Waals surface area contributed by atoms with Crippen molar-refractivity contribution in [2.24, 2.45) is 0 Å². The van der Waals surface area contributed by atoms with Gasteiger partial charge in [-0.15, -0.1) is 0 Å². The molecule has 0 radical (unpaired) electrons. The van der Waals surface area contributed by atoms with Crippen molar-refractivity contribution in [2.45, 2.75) is 0 Å². The molecular formula is C105H73N3. The summed E-state index contributed by atoms with van der Waals surface area (Å²) in [7, 11) is 0. The molecule has 0 aliphatic heterocycles. The minimum absolute atomic E-state index is 0.708. The molecule has 2 heterocycles. The molecule has 0 saturated carbocycles. The van der Waals surface area contributed by atoms with Gasteiger partial charge in [-0.25, -0.2) is 15.0 Å². The van der Waals surface area contributed by atoms with Crippen LogP contribution in [0.2, 0.25) is 0 Å². The zero-order chi connectivity index (χ0) is 72.2. The van der Waals surface area contributed by atoms with E-state index >= 15 is 0 Å². The van der Waals surface area contributed by atoms with Crippen molar-refractivity contribution in [3.05, 3.63) is 443 Å². The molecule has 508 valence electrons. The van der Waals surface area contributed by atoms with E-state index in [4.69, 9.17) is 15.0 Å². The highest BCUT2D eigenvalue weighted by Crippen LogP contribution is 2.40. The maximum Gasteiger partial charge on any atom is 0.160 e. The highest BCUT2D eigenvalue weighted by Gasteiger charge is 2.17. The third-order valence-corrected chi connectivity index (χ3v) is 19.9. The first-order valence-corrected chi connectivity index (χ1v) is 36.8. The molecule has 0 unspecified atom stereocenters. The lowest BCUT2D eigenvalue weighted by atomic mass is 9.92. The van der Waals surface area contributed by atoms with Gasteiger partial charge < -0.3 is 0 Å². The Balaban J connectivity index is 0.000000162. The van der Waals surface area contributed by atoms with Crippen LogP contribution < -0.4 is 0 Å².